The Morgan fingerprint density at radius 2 is 1.70 bits per heavy atom. The van der Waals surface area contributed by atoms with Crippen LogP contribution >= 0.6 is 11.3 Å². The standard InChI is InChI=1S/C21H26FN3O2S.C12H20O.2C2H6.C2H2/c1-7-9-11-16(20(26)23-21-25-24-15(5)28-21)17(13-14(3)4)19(22)18(27-6)12-10-8-2;1-3-5-6-7-8-11(4-2)12(13)9-10-12;3*1-2/h8-13H,2,7H2,1,3-6H3,(H,23,25,26);4,7-8,13H,3,5-6,9-10H2,1-2H3;2*1-2H3;1-2H/b11-9+,12-10-,17-16-,19-18+;8-7-,11-4+;;;. The molecule has 1 aromatic heterocycles. The normalized spacial score (nSPS) is 14.0. The number of nitrogens with zero attached hydrogens (tertiary/aromatic N) is 2. The van der Waals surface area contributed by atoms with Crippen molar-refractivity contribution in [2.45, 2.75) is 113 Å². The fourth-order valence-corrected chi connectivity index (χ4v) is 4.15. The molecule has 0 aliphatic heterocycles. The Hall–Kier alpha value is -3.80. The number of aryl methyl sites for hydroxylation is 1. The van der Waals surface area contributed by atoms with Crippen molar-refractivity contribution in [2.24, 2.45) is 0 Å². The van der Waals surface area contributed by atoms with Crippen molar-refractivity contribution in [3.8, 4) is 12.8 Å². The largest absolute Gasteiger partial charge is 0.494 e. The number of unbranched alkanes of at least 4 members (excludes halogenated alkanes) is 2. The predicted octanol–water partition coefficient (Wildman–Crippen LogP) is 11.1. The van der Waals surface area contributed by atoms with E-state index < -0.39 is 17.3 Å². The van der Waals surface area contributed by atoms with Crippen LogP contribution in [0.15, 0.2) is 95.1 Å². The van der Waals surface area contributed by atoms with Gasteiger partial charge in [0.1, 0.15) is 5.01 Å². The number of nitrogens with one attached hydrogen (secondary N) is 1. The van der Waals surface area contributed by atoms with E-state index in [0.717, 1.165) is 35.4 Å². The number of ether oxygens (including phenoxy) is 1. The van der Waals surface area contributed by atoms with E-state index in [0.29, 0.717) is 11.6 Å². The summed E-state index contributed by atoms with van der Waals surface area (Å²) in [4.78, 5) is 12.9. The summed E-state index contributed by atoms with van der Waals surface area (Å²) in [5.41, 5.74) is 1.75. The molecule has 2 N–H and O–H groups in total. The lowest BCUT2D eigenvalue weighted by Gasteiger charge is -2.11. The molecule has 262 valence electrons. The van der Waals surface area contributed by atoms with Crippen molar-refractivity contribution in [1.82, 2.24) is 10.2 Å². The molecule has 0 atom stereocenters. The second-order valence-electron chi connectivity index (χ2n) is 9.74. The van der Waals surface area contributed by atoms with E-state index in [1.54, 1.807) is 31.2 Å². The smallest absolute Gasteiger partial charge is 0.258 e. The summed E-state index contributed by atoms with van der Waals surface area (Å²) < 4.78 is 20.5. The minimum Gasteiger partial charge on any atom is -0.494 e. The molecular formula is C39H60FN3O3S. The van der Waals surface area contributed by atoms with Gasteiger partial charge in [0.05, 0.1) is 12.7 Å². The van der Waals surface area contributed by atoms with Gasteiger partial charge in [-0.15, -0.1) is 23.0 Å². The van der Waals surface area contributed by atoms with Gasteiger partial charge in [0.15, 0.2) is 11.6 Å². The first kappa shape index (κ1) is 47.6. The van der Waals surface area contributed by atoms with E-state index in [1.165, 1.54) is 43.4 Å². The van der Waals surface area contributed by atoms with Crippen molar-refractivity contribution in [3.05, 3.63) is 100 Å². The van der Waals surface area contributed by atoms with Crippen molar-refractivity contribution in [1.29, 1.82) is 0 Å². The Kier molecular flexibility index (Phi) is 30.0. The first-order valence-electron chi connectivity index (χ1n) is 16.4. The first-order valence-corrected chi connectivity index (χ1v) is 17.2. The Balaban J connectivity index is -0.000000846. The number of hydrogen-bond acceptors (Lipinski definition) is 6. The number of rotatable bonds is 14. The van der Waals surface area contributed by atoms with Crippen molar-refractivity contribution >= 4 is 22.4 Å². The molecule has 6 nitrogen and oxygen atoms in total. The van der Waals surface area contributed by atoms with Gasteiger partial charge in [0, 0.05) is 11.1 Å². The number of aromatic nitrogens is 2. The highest BCUT2D eigenvalue weighted by atomic mass is 32.1. The average molecular weight is 670 g/mol. The molecule has 0 spiro atoms. The van der Waals surface area contributed by atoms with Gasteiger partial charge in [0.25, 0.3) is 5.91 Å². The van der Waals surface area contributed by atoms with Crippen molar-refractivity contribution in [2.75, 3.05) is 12.4 Å². The molecule has 0 aromatic carbocycles. The SMILES string of the molecule is C#C.C/C=C(\C=C/CCCC)C1(O)CC1.C=C\C=C/C(OC)=C(F)/C(C=C(C)C)=C(/C=C/CC)C(=O)Nc1nnc(C)s1.CC.CC. The lowest BCUT2D eigenvalue weighted by molar-refractivity contribution is -0.112. The number of carbonyl (C=O) groups excluding carboxylic acids is 1. The van der Waals surface area contributed by atoms with Crippen LogP contribution in [0.25, 0.3) is 0 Å². The van der Waals surface area contributed by atoms with Crippen LogP contribution in [-0.4, -0.2) is 33.9 Å². The van der Waals surface area contributed by atoms with E-state index in [2.05, 4.69) is 54.0 Å². The van der Waals surface area contributed by atoms with Crippen molar-refractivity contribution < 1.29 is 19.0 Å². The number of halogens is 1. The number of carbonyl (C=O) groups is 1. The highest BCUT2D eigenvalue weighted by Crippen LogP contribution is 2.42. The predicted molar refractivity (Wildman–Crippen MR) is 203 cm³/mol. The second kappa shape index (κ2) is 29.6. The number of hydrogen-bond donors (Lipinski definition) is 2. The Morgan fingerprint density at radius 3 is 2.13 bits per heavy atom. The van der Waals surface area contributed by atoms with Crippen LogP contribution < -0.4 is 5.32 Å². The molecule has 1 amide bonds. The van der Waals surface area contributed by atoms with Crippen LogP contribution in [0.3, 0.4) is 0 Å². The van der Waals surface area contributed by atoms with Crippen LogP contribution in [0, 0.1) is 19.8 Å². The van der Waals surface area contributed by atoms with Gasteiger partial charge >= 0.3 is 0 Å². The third-order valence-electron chi connectivity index (χ3n) is 5.88. The topological polar surface area (TPSA) is 84.3 Å². The summed E-state index contributed by atoms with van der Waals surface area (Å²) in [5.74, 6) is -1.14. The molecule has 0 radical (unpaired) electrons. The number of amides is 1. The average Bonchev–Trinajstić information content (AvgIpc) is 3.70. The number of allylic oxidation sites excluding steroid dienone is 10. The number of methoxy groups -OCH3 is 1. The van der Waals surface area contributed by atoms with Crippen LogP contribution in [-0.2, 0) is 9.53 Å². The molecule has 0 bridgehead atoms. The molecule has 1 saturated carbocycles. The molecule has 0 saturated heterocycles. The van der Waals surface area contributed by atoms with Gasteiger partial charge < -0.3 is 9.84 Å². The summed E-state index contributed by atoms with van der Waals surface area (Å²) in [5, 5.41) is 21.4. The van der Waals surface area contributed by atoms with E-state index in [4.69, 9.17) is 4.74 Å². The Bertz CT molecular complexity index is 1270. The summed E-state index contributed by atoms with van der Waals surface area (Å²) in [6.07, 6.45) is 30.0. The molecule has 1 heterocycles. The zero-order valence-electron chi connectivity index (χ0n) is 30.7. The maximum Gasteiger partial charge on any atom is 0.258 e. The number of aliphatic hydroxyl groups is 1. The highest BCUT2D eigenvalue weighted by Gasteiger charge is 2.42. The molecule has 8 heteroatoms. The minimum atomic E-state index is -0.652. The van der Waals surface area contributed by atoms with Crippen LogP contribution in [0.2, 0.25) is 0 Å². The zero-order chi connectivity index (χ0) is 36.8. The van der Waals surface area contributed by atoms with Crippen LogP contribution in [0.1, 0.15) is 106 Å². The quantitative estimate of drug-likeness (QED) is 0.0677. The fourth-order valence-electron chi connectivity index (χ4n) is 3.56. The summed E-state index contributed by atoms with van der Waals surface area (Å²) in [7, 11) is 1.37. The molecule has 1 fully saturated rings. The van der Waals surface area contributed by atoms with Gasteiger partial charge in [-0.05, 0) is 65.0 Å². The van der Waals surface area contributed by atoms with Crippen molar-refractivity contribution in [3.63, 3.8) is 0 Å². The Labute approximate surface area is 289 Å². The van der Waals surface area contributed by atoms with E-state index in [1.807, 2.05) is 61.5 Å². The van der Waals surface area contributed by atoms with E-state index in [9.17, 15) is 9.90 Å². The monoisotopic (exact) mass is 669 g/mol. The molecule has 1 aliphatic rings. The van der Waals surface area contributed by atoms with Gasteiger partial charge in [-0.3, -0.25) is 10.1 Å². The first-order chi connectivity index (χ1) is 22.6. The molecule has 47 heavy (non-hydrogen) atoms. The minimum absolute atomic E-state index is 0.00522. The van der Waals surface area contributed by atoms with E-state index in [-0.39, 0.29) is 16.9 Å². The second-order valence-corrected chi connectivity index (χ2v) is 10.9. The van der Waals surface area contributed by atoms with Gasteiger partial charge in [-0.2, -0.15) is 0 Å². The van der Waals surface area contributed by atoms with Gasteiger partial charge in [0.2, 0.25) is 5.13 Å². The van der Waals surface area contributed by atoms with Crippen LogP contribution in [0.4, 0.5) is 9.52 Å². The van der Waals surface area contributed by atoms with Crippen LogP contribution in [0.5, 0.6) is 0 Å². The lowest BCUT2D eigenvalue weighted by atomic mass is 10.0. The number of anilines is 1. The Morgan fingerprint density at radius 1 is 1.09 bits per heavy atom. The third-order valence-corrected chi connectivity index (χ3v) is 6.64. The summed E-state index contributed by atoms with van der Waals surface area (Å²) in [6, 6.07) is 0. The lowest BCUT2D eigenvalue weighted by Crippen LogP contribution is -2.15. The molecule has 1 aliphatic carbocycles. The highest BCUT2D eigenvalue weighted by molar-refractivity contribution is 7.15. The van der Waals surface area contributed by atoms with Gasteiger partial charge in [-0.1, -0.05) is 126 Å². The third kappa shape index (κ3) is 20.1. The molecule has 2 rings (SSSR count). The molecular weight excluding hydrogens is 610 g/mol. The summed E-state index contributed by atoms with van der Waals surface area (Å²) >= 11 is 1.24. The fraction of sp³-hybridized carbons (Fsp3) is 0.462. The number of terminal acetylenes is 1. The molecule has 0 unspecified atom stereocenters. The molecule has 1 aromatic rings. The zero-order valence-corrected chi connectivity index (χ0v) is 31.6. The van der Waals surface area contributed by atoms with E-state index >= 15 is 4.39 Å². The summed E-state index contributed by atoms with van der Waals surface area (Å²) in [6.45, 7) is 23.1. The maximum atomic E-state index is 15.3. The van der Waals surface area contributed by atoms with Gasteiger partial charge in [-0.25, -0.2) is 4.39 Å². The maximum absolute atomic E-state index is 15.3.